The van der Waals surface area contributed by atoms with Crippen molar-refractivity contribution in [3.8, 4) is 0 Å². The van der Waals surface area contributed by atoms with Gasteiger partial charge in [-0.1, -0.05) is 118 Å². The molecule has 0 aliphatic heterocycles. The van der Waals surface area contributed by atoms with Gasteiger partial charge < -0.3 is 40.2 Å². The molecule has 0 radical (unpaired) electrons. The van der Waals surface area contributed by atoms with Gasteiger partial charge in [-0.15, -0.1) is 0 Å². The molecule has 12 heteroatoms. The Bertz CT molecular complexity index is 1030. The van der Waals surface area contributed by atoms with Gasteiger partial charge in [-0.2, -0.15) is 0 Å². The number of hydrogen-bond acceptors (Lipinski definition) is 9. The van der Waals surface area contributed by atoms with Crippen molar-refractivity contribution in [2.75, 3.05) is 72.5 Å². The Morgan fingerprint density at radius 3 is 1.25 bits per heavy atom. The van der Waals surface area contributed by atoms with Crippen LogP contribution in [0.2, 0.25) is 0 Å². The fourth-order valence-electron chi connectivity index (χ4n) is 6.60. The molecule has 0 saturated heterocycles. The third-order valence-electron chi connectivity index (χ3n) is 9.78. The molecule has 0 spiro atoms. The molecule has 0 aliphatic carbocycles. The second-order valence-corrected chi connectivity index (χ2v) is 18.3. The van der Waals surface area contributed by atoms with Crippen LogP contribution in [0.15, 0.2) is 0 Å². The number of unbranched alkanes of at least 4 members (excludes halogenated alkanes) is 15. The lowest BCUT2D eigenvalue weighted by atomic mass is 9.86. The van der Waals surface area contributed by atoms with Gasteiger partial charge in [0, 0.05) is 50.9 Å². The van der Waals surface area contributed by atoms with Crippen molar-refractivity contribution < 1.29 is 38.1 Å². The fourth-order valence-corrected chi connectivity index (χ4v) is 6.60. The number of rotatable bonds is 42. The van der Waals surface area contributed by atoms with Gasteiger partial charge in [-0.3, -0.25) is 19.2 Å². The molecule has 0 bridgehead atoms. The molecule has 0 aromatic heterocycles. The third kappa shape index (κ3) is 43.8. The molecule has 4 N–H and O–H groups in total. The van der Waals surface area contributed by atoms with Crippen LogP contribution >= 0.6 is 0 Å². The summed E-state index contributed by atoms with van der Waals surface area (Å²) in [5, 5.41) is 12.1. The number of ketones is 1. The van der Waals surface area contributed by atoms with E-state index in [1.165, 1.54) is 83.5 Å². The van der Waals surface area contributed by atoms with E-state index in [1.54, 1.807) is 0 Å². The summed E-state index contributed by atoms with van der Waals surface area (Å²) in [5.41, 5.74) is -0.187. The summed E-state index contributed by atoms with van der Waals surface area (Å²) in [6.45, 7) is 19.2. The minimum atomic E-state index is -0.176. The molecule has 0 saturated carbocycles. The Morgan fingerprint density at radius 2 is 0.831 bits per heavy atom. The number of carbonyl (C=O) groups is 4. The van der Waals surface area contributed by atoms with Crippen LogP contribution in [-0.4, -0.2) is 108 Å². The molecule has 0 heterocycles. The van der Waals surface area contributed by atoms with E-state index in [9.17, 15) is 19.2 Å². The zero-order chi connectivity index (χ0) is 43.9. The summed E-state index contributed by atoms with van der Waals surface area (Å²) in [5.74, 6) is 0.172. The second kappa shape index (κ2) is 38.8. The maximum Gasteiger partial charge on any atom is 0.222 e. The lowest BCUT2D eigenvalue weighted by molar-refractivity contribution is -0.124. The second-order valence-electron chi connectivity index (χ2n) is 18.3. The summed E-state index contributed by atoms with van der Waals surface area (Å²) in [6, 6.07) is -0.176. The van der Waals surface area contributed by atoms with Crippen molar-refractivity contribution in [1.82, 2.24) is 21.3 Å². The van der Waals surface area contributed by atoms with E-state index in [4.69, 9.17) is 18.9 Å². The summed E-state index contributed by atoms with van der Waals surface area (Å²) in [7, 11) is 0. The van der Waals surface area contributed by atoms with Gasteiger partial charge in [0.05, 0.1) is 58.9 Å². The van der Waals surface area contributed by atoms with Crippen molar-refractivity contribution in [3.05, 3.63) is 0 Å². The fraction of sp³-hybridized carbons (Fsp3) is 0.915. The van der Waals surface area contributed by atoms with Crippen LogP contribution in [0, 0.1) is 5.41 Å². The van der Waals surface area contributed by atoms with Gasteiger partial charge in [0.25, 0.3) is 0 Å². The average Bonchev–Trinajstić information content (AvgIpc) is 3.16. The summed E-state index contributed by atoms with van der Waals surface area (Å²) in [6.07, 6.45) is 23.8. The molecule has 0 fully saturated rings. The number of ether oxygens (including phenoxy) is 4. The average molecular weight is 841 g/mol. The molecule has 1 atom stereocenters. The molecule has 1 unspecified atom stereocenters. The van der Waals surface area contributed by atoms with Crippen LogP contribution in [-0.2, 0) is 38.1 Å². The van der Waals surface area contributed by atoms with Crippen molar-refractivity contribution in [2.45, 2.75) is 201 Å². The Morgan fingerprint density at radius 1 is 0.441 bits per heavy atom. The quantitative estimate of drug-likeness (QED) is 0.0444. The van der Waals surface area contributed by atoms with Crippen molar-refractivity contribution in [3.63, 3.8) is 0 Å². The topological polar surface area (TPSA) is 153 Å². The molecular formula is C47H92N4O8. The highest BCUT2D eigenvalue weighted by atomic mass is 16.5. The van der Waals surface area contributed by atoms with Crippen LogP contribution in [0.4, 0.5) is 0 Å². The molecule has 0 aromatic rings. The Hall–Kier alpha value is -2.12. The first-order valence-corrected chi connectivity index (χ1v) is 23.6. The van der Waals surface area contributed by atoms with E-state index in [1.807, 2.05) is 0 Å². The molecule has 0 rings (SSSR count). The van der Waals surface area contributed by atoms with Crippen molar-refractivity contribution in [2.24, 2.45) is 5.41 Å². The van der Waals surface area contributed by atoms with E-state index < -0.39 is 0 Å². The van der Waals surface area contributed by atoms with Crippen molar-refractivity contribution in [1.29, 1.82) is 0 Å². The highest BCUT2D eigenvalue weighted by molar-refractivity contribution is 5.84. The largest absolute Gasteiger partial charge is 0.379 e. The van der Waals surface area contributed by atoms with E-state index in [0.717, 1.165) is 32.1 Å². The predicted octanol–water partition coefficient (Wildman–Crippen LogP) is 8.38. The first kappa shape index (κ1) is 56.9. The van der Waals surface area contributed by atoms with Gasteiger partial charge >= 0.3 is 0 Å². The molecule has 59 heavy (non-hydrogen) atoms. The molecular weight excluding hydrogens is 749 g/mol. The molecule has 348 valence electrons. The lowest BCUT2D eigenvalue weighted by Gasteiger charge is -2.30. The van der Waals surface area contributed by atoms with Crippen LogP contribution in [0.1, 0.15) is 190 Å². The van der Waals surface area contributed by atoms with Gasteiger partial charge in [0.1, 0.15) is 5.78 Å². The number of amides is 3. The molecule has 0 aromatic carbocycles. The van der Waals surface area contributed by atoms with Crippen molar-refractivity contribution >= 4 is 23.5 Å². The minimum Gasteiger partial charge on any atom is -0.379 e. The highest BCUT2D eigenvalue weighted by Crippen LogP contribution is 2.22. The zero-order valence-electron chi connectivity index (χ0n) is 39.2. The van der Waals surface area contributed by atoms with Crippen LogP contribution < -0.4 is 21.3 Å². The maximum atomic E-state index is 12.9. The molecule has 0 aliphatic rings. The van der Waals surface area contributed by atoms with Gasteiger partial charge in [-0.25, -0.2) is 0 Å². The van der Waals surface area contributed by atoms with Gasteiger partial charge in [0.15, 0.2) is 0 Å². The summed E-state index contributed by atoms with van der Waals surface area (Å²) < 4.78 is 22.0. The predicted molar refractivity (Wildman–Crippen MR) is 241 cm³/mol. The first-order chi connectivity index (χ1) is 28.2. The number of hydrogen-bond donors (Lipinski definition) is 4. The van der Waals surface area contributed by atoms with Crippen LogP contribution in [0.3, 0.4) is 0 Å². The van der Waals surface area contributed by atoms with E-state index in [-0.39, 0.29) is 53.3 Å². The minimum absolute atomic E-state index is 0.0436. The van der Waals surface area contributed by atoms with Gasteiger partial charge in [-0.05, 0) is 51.9 Å². The maximum absolute atomic E-state index is 12.9. The lowest BCUT2D eigenvalue weighted by Crippen LogP contribution is -2.48. The zero-order valence-corrected chi connectivity index (χ0v) is 39.2. The van der Waals surface area contributed by atoms with Gasteiger partial charge in [0.2, 0.25) is 17.7 Å². The number of nitrogens with one attached hydrogen (secondary N) is 4. The standard InChI is InChI=1S/C47H92N4O8/c1-8-9-10-11-12-13-14-15-16-17-18-19-20-21-22-26-43(53)49-30-34-58-38-37-57-33-28-45(55)50-31-35-59-39-36-56-32-27-44(54)48-29-24-23-25-41(51-47(5,6)7)42(52)40-46(2,3)4/h41,51H,8-40H2,1-7H3,(H,48,54)(H,49,53)(H,50,55). The van der Waals surface area contributed by atoms with E-state index >= 15 is 0 Å². The monoisotopic (exact) mass is 841 g/mol. The van der Waals surface area contributed by atoms with E-state index in [2.05, 4.69) is 69.7 Å². The summed E-state index contributed by atoms with van der Waals surface area (Å²) >= 11 is 0. The Labute approximate surface area is 361 Å². The summed E-state index contributed by atoms with van der Waals surface area (Å²) in [4.78, 5) is 49.1. The highest BCUT2D eigenvalue weighted by Gasteiger charge is 2.26. The Kier molecular flexibility index (Phi) is 37.4. The normalized spacial score (nSPS) is 12.4. The first-order valence-electron chi connectivity index (χ1n) is 23.6. The Balaban J connectivity index is 3.51. The third-order valence-corrected chi connectivity index (χ3v) is 9.78. The van der Waals surface area contributed by atoms with Crippen LogP contribution in [0.25, 0.3) is 0 Å². The number of Topliss-reactive ketones (excluding diaryl/α,β-unsaturated/α-hetero) is 1. The molecule has 3 amide bonds. The SMILES string of the molecule is CCCCCCCCCCCCCCCCCC(=O)NCCOCCOCCC(=O)NCCOCCOCCC(=O)NCCCCC(NC(C)(C)C)C(=O)CC(C)(C)C. The smallest absolute Gasteiger partial charge is 0.222 e. The van der Waals surface area contributed by atoms with E-state index in [0.29, 0.717) is 85.3 Å². The number of carbonyl (C=O) groups excluding carboxylic acids is 4. The van der Waals surface area contributed by atoms with Crippen LogP contribution in [0.5, 0.6) is 0 Å². The molecule has 12 nitrogen and oxygen atoms in total.